The lowest BCUT2D eigenvalue weighted by molar-refractivity contribution is -0.156. The predicted octanol–water partition coefficient (Wildman–Crippen LogP) is 4.36. The first-order valence-corrected chi connectivity index (χ1v) is 17.0. The highest BCUT2D eigenvalue weighted by atomic mass is 16.3. The quantitative estimate of drug-likeness (QED) is 0.0708. The molecule has 11 heteroatoms. The molecule has 0 saturated carbocycles. The van der Waals surface area contributed by atoms with E-state index in [1.54, 1.807) is 35.2 Å². The number of nitrogens with one attached hydrogen (secondary N) is 3. The van der Waals surface area contributed by atoms with Gasteiger partial charge < -0.3 is 41.2 Å². The van der Waals surface area contributed by atoms with Crippen LogP contribution in [0.1, 0.15) is 22.3 Å². The normalized spacial score (nSPS) is 15.9. The van der Waals surface area contributed by atoms with Gasteiger partial charge in [-0.1, -0.05) is 78.9 Å². The van der Waals surface area contributed by atoms with Crippen LogP contribution in [0.3, 0.4) is 0 Å². The Morgan fingerprint density at radius 3 is 2.43 bits per heavy atom. The number of nitrogen functional groups attached to an aromatic ring is 1. The van der Waals surface area contributed by atoms with Gasteiger partial charge in [0.15, 0.2) is 0 Å². The van der Waals surface area contributed by atoms with E-state index in [0.717, 1.165) is 33.2 Å². The number of aromatic hydroxyl groups is 1. The lowest BCUT2D eigenvalue weighted by atomic mass is 9.98. The van der Waals surface area contributed by atoms with Gasteiger partial charge in [-0.2, -0.15) is 0 Å². The highest BCUT2D eigenvalue weighted by molar-refractivity contribution is 5.91. The van der Waals surface area contributed by atoms with Crippen LogP contribution in [0.2, 0.25) is 0 Å². The Bertz CT molecular complexity index is 1990. The van der Waals surface area contributed by atoms with E-state index in [1.165, 1.54) is 4.90 Å². The fraction of sp³-hybridized carbons (Fsp3) is 0.225. The minimum atomic E-state index is -0.931. The summed E-state index contributed by atoms with van der Waals surface area (Å²) in [6, 6.07) is 30.6. The van der Waals surface area contributed by atoms with E-state index in [2.05, 4.69) is 33.2 Å². The Labute approximate surface area is 297 Å². The largest absolute Gasteiger partial charge is 0.508 e. The van der Waals surface area contributed by atoms with Crippen LogP contribution in [0.15, 0.2) is 122 Å². The van der Waals surface area contributed by atoms with Gasteiger partial charge in [0.25, 0.3) is 0 Å². The summed E-state index contributed by atoms with van der Waals surface area (Å²) in [6.07, 6.45) is 3.03. The Hall–Kier alpha value is -6.07. The Morgan fingerprint density at radius 1 is 0.902 bits per heavy atom. The molecule has 4 aromatic carbocycles. The van der Waals surface area contributed by atoms with Gasteiger partial charge in [-0.05, 0) is 58.0 Å². The summed E-state index contributed by atoms with van der Waals surface area (Å²) in [4.78, 5) is 45.1. The minimum absolute atomic E-state index is 0.0496. The number of carbonyl (C=O) groups is 3. The number of fused-ring (bicyclic) bond motifs is 1. The van der Waals surface area contributed by atoms with Crippen LogP contribution in [-0.4, -0.2) is 69.2 Å². The molecule has 2 heterocycles. The summed E-state index contributed by atoms with van der Waals surface area (Å²) in [5.41, 5.74) is 11.4. The second kappa shape index (κ2) is 16.1. The van der Waals surface area contributed by atoms with E-state index in [1.807, 2.05) is 79.0 Å². The molecule has 0 bridgehead atoms. The molecule has 1 aromatic heterocycles. The van der Waals surface area contributed by atoms with Crippen molar-refractivity contribution < 1.29 is 19.5 Å². The van der Waals surface area contributed by atoms with Crippen molar-refractivity contribution in [2.24, 2.45) is 0 Å². The number of amides is 4. The zero-order chi connectivity index (χ0) is 35.7. The van der Waals surface area contributed by atoms with Crippen LogP contribution in [0, 0.1) is 0 Å². The van der Waals surface area contributed by atoms with Crippen molar-refractivity contribution in [1.82, 2.24) is 30.3 Å². The third-order valence-corrected chi connectivity index (χ3v) is 9.01. The SMILES string of the molecule is C=CCNCC(=O)N1[C@@H](NC(=O)NCc2ccccc2)CN(Cc2cccc3ccn(Cc4cccc(N)c4)c23)C(=O)[C@@H]1Cc1ccc(O)cc1. The molecule has 1 aliphatic heterocycles. The van der Waals surface area contributed by atoms with Gasteiger partial charge in [-0.15, -0.1) is 6.58 Å². The molecule has 1 aliphatic rings. The molecule has 262 valence electrons. The summed E-state index contributed by atoms with van der Waals surface area (Å²) in [5.74, 6) is -0.477. The molecule has 5 aromatic rings. The number of phenols is 1. The second-order valence-electron chi connectivity index (χ2n) is 12.7. The number of urea groups is 1. The number of rotatable bonds is 13. The Balaban J connectivity index is 1.33. The van der Waals surface area contributed by atoms with Gasteiger partial charge in [0.2, 0.25) is 11.8 Å². The average Bonchev–Trinajstić information content (AvgIpc) is 3.54. The highest BCUT2D eigenvalue weighted by Crippen LogP contribution is 2.27. The van der Waals surface area contributed by atoms with Crippen molar-refractivity contribution in [3.8, 4) is 5.75 Å². The zero-order valence-corrected chi connectivity index (χ0v) is 28.4. The number of nitrogens with zero attached hydrogens (tertiary/aromatic N) is 3. The molecule has 51 heavy (non-hydrogen) atoms. The number of piperazine rings is 1. The summed E-state index contributed by atoms with van der Waals surface area (Å²) >= 11 is 0. The minimum Gasteiger partial charge on any atom is -0.508 e. The molecule has 0 unspecified atom stereocenters. The van der Waals surface area contributed by atoms with Crippen molar-refractivity contribution in [1.29, 1.82) is 0 Å². The van der Waals surface area contributed by atoms with E-state index in [4.69, 9.17) is 5.73 Å². The molecular weight excluding hydrogens is 642 g/mol. The van der Waals surface area contributed by atoms with Gasteiger partial charge in [0.05, 0.1) is 18.6 Å². The molecule has 1 saturated heterocycles. The average molecular weight is 686 g/mol. The van der Waals surface area contributed by atoms with Crippen molar-refractivity contribution in [2.75, 3.05) is 25.4 Å². The number of phenolic OH excluding ortho intramolecular Hbond substituents is 1. The van der Waals surface area contributed by atoms with Gasteiger partial charge in [-0.25, -0.2) is 4.79 Å². The lowest BCUT2D eigenvalue weighted by Crippen LogP contribution is -2.69. The van der Waals surface area contributed by atoms with Gasteiger partial charge in [0.1, 0.15) is 18.0 Å². The highest BCUT2D eigenvalue weighted by Gasteiger charge is 2.43. The Morgan fingerprint density at radius 2 is 1.67 bits per heavy atom. The maximum absolute atomic E-state index is 14.6. The van der Waals surface area contributed by atoms with Crippen LogP contribution < -0.4 is 21.7 Å². The van der Waals surface area contributed by atoms with Crippen LogP contribution in [0.5, 0.6) is 5.75 Å². The summed E-state index contributed by atoms with van der Waals surface area (Å²) in [6.45, 7) is 5.28. The van der Waals surface area contributed by atoms with Crippen molar-refractivity contribution in [2.45, 2.75) is 38.3 Å². The molecule has 6 rings (SSSR count). The zero-order valence-electron chi connectivity index (χ0n) is 28.4. The Kier molecular flexibility index (Phi) is 11.0. The molecule has 2 atom stereocenters. The topological polar surface area (TPSA) is 145 Å². The van der Waals surface area contributed by atoms with E-state index >= 15 is 0 Å². The number of anilines is 1. The smallest absolute Gasteiger partial charge is 0.316 e. The number of benzene rings is 4. The fourth-order valence-corrected chi connectivity index (χ4v) is 6.63. The number of hydrogen-bond acceptors (Lipinski definition) is 6. The molecule has 4 amide bonds. The van der Waals surface area contributed by atoms with Gasteiger partial charge in [0, 0.05) is 44.5 Å². The first kappa shape index (κ1) is 34.8. The first-order valence-electron chi connectivity index (χ1n) is 17.0. The molecular formula is C40H43N7O4. The molecule has 0 radical (unpaired) electrons. The lowest BCUT2D eigenvalue weighted by Gasteiger charge is -2.46. The summed E-state index contributed by atoms with van der Waals surface area (Å²) < 4.78 is 2.15. The van der Waals surface area contributed by atoms with Crippen molar-refractivity contribution in [3.63, 3.8) is 0 Å². The number of aromatic nitrogens is 1. The summed E-state index contributed by atoms with van der Waals surface area (Å²) in [7, 11) is 0. The maximum Gasteiger partial charge on any atom is 0.316 e. The molecule has 6 N–H and O–H groups in total. The monoisotopic (exact) mass is 685 g/mol. The van der Waals surface area contributed by atoms with Crippen molar-refractivity contribution >= 4 is 34.4 Å². The molecule has 0 aliphatic carbocycles. The summed E-state index contributed by atoms with van der Waals surface area (Å²) in [5, 5.41) is 19.9. The van der Waals surface area contributed by atoms with Crippen molar-refractivity contribution in [3.05, 3.63) is 144 Å². The molecule has 0 spiro atoms. The van der Waals surface area contributed by atoms with E-state index in [-0.39, 0.29) is 43.6 Å². The molecule has 11 nitrogen and oxygen atoms in total. The number of carbonyl (C=O) groups excluding carboxylic acids is 3. The third-order valence-electron chi connectivity index (χ3n) is 9.01. The number of hydrogen-bond donors (Lipinski definition) is 5. The number of para-hydroxylation sites is 1. The number of nitrogens with two attached hydrogens (primary N) is 1. The van der Waals surface area contributed by atoms with Gasteiger partial charge in [-0.3, -0.25) is 9.59 Å². The van der Waals surface area contributed by atoms with Crippen LogP contribution in [-0.2, 0) is 35.6 Å². The maximum atomic E-state index is 14.6. The molecule has 1 fully saturated rings. The van der Waals surface area contributed by atoms with E-state index < -0.39 is 18.2 Å². The van der Waals surface area contributed by atoms with Crippen LogP contribution in [0.25, 0.3) is 10.9 Å². The first-order chi connectivity index (χ1) is 24.8. The standard InChI is InChI=1S/C40H43N7O4/c1-2-19-42-24-37(49)47-35(22-28-14-16-34(48)17-15-28)39(50)46(27-36(47)44-40(51)43-23-29-8-4-3-5-9-29)26-32-12-7-11-31-18-20-45(38(31)32)25-30-10-6-13-33(41)21-30/h2-18,20-21,35-36,42,48H,1,19,22-27,41H2,(H2,43,44,51)/t35-,36+/m0/s1. The predicted molar refractivity (Wildman–Crippen MR) is 198 cm³/mol. The van der Waals surface area contributed by atoms with E-state index in [0.29, 0.717) is 25.3 Å². The van der Waals surface area contributed by atoms with Gasteiger partial charge >= 0.3 is 6.03 Å². The fourth-order valence-electron chi connectivity index (χ4n) is 6.63. The van der Waals surface area contributed by atoms with E-state index in [9.17, 15) is 19.5 Å². The second-order valence-corrected chi connectivity index (χ2v) is 12.7. The third kappa shape index (κ3) is 8.57. The van der Waals surface area contributed by atoms with Crippen LogP contribution >= 0.6 is 0 Å². The van der Waals surface area contributed by atoms with Crippen LogP contribution in [0.4, 0.5) is 10.5 Å².